The molecule has 0 aliphatic carbocycles. The highest BCUT2D eigenvalue weighted by atomic mass is 16.5. The molecular formula is C58H88N8O13. The van der Waals surface area contributed by atoms with E-state index < -0.39 is 115 Å². The number of amides is 8. The van der Waals surface area contributed by atoms with Gasteiger partial charge in [-0.25, -0.2) is 4.79 Å². The molecule has 2 unspecified atom stereocenters. The summed E-state index contributed by atoms with van der Waals surface area (Å²) >= 11 is 0. The Bertz CT molecular complexity index is 2310. The summed E-state index contributed by atoms with van der Waals surface area (Å²) in [5, 5.41) is 46.2. The topological polar surface area (TPSA) is 325 Å². The summed E-state index contributed by atoms with van der Waals surface area (Å²) in [6.45, 7) is 7.12. The first kappa shape index (κ1) is 66.4. The highest BCUT2D eigenvalue weighted by molar-refractivity contribution is 6.05. The summed E-state index contributed by atoms with van der Waals surface area (Å²) in [6, 6.07) is 3.97. The maximum absolute atomic E-state index is 14.9. The molecule has 1 aliphatic rings. The van der Waals surface area contributed by atoms with Crippen LogP contribution >= 0.6 is 0 Å². The number of ether oxygens (including phenoxy) is 1. The lowest BCUT2D eigenvalue weighted by Crippen LogP contribution is -2.62. The predicted octanol–water partition coefficient (Wildman–Crippen LogP) is 3.84. The van der Waals surface area contributed by atoms with Crippen LogP contribution in [0.4, 0.5) is 0 Å². The molecule has 0 aromatic heterocycles. The van der Waals surface area contributed by atoms with E-state index in [4.69, 9.17) is 10.5 Å². The Hall–Kier alpha value is -6.87. The van der Waals surface area contributed by atoms with Gasteiger partial charge in [0.2, 0.25) is 35.4 Å². The van der Waals surface area contributed by atoms with Gasteiger partial charge in [-0.3, -0.25) is 38.4 Å². The SMILES string of the molecule is CCCCCCCCCCCCCCCCCC(=O)NC1C(=O)N(C)/C(=C\c2ccc(O)cc2)C(=O)N[C@@H](CC(C)C)C(=O)N[C@H](Cc2ccccc2)C(=O)N[C@@H]([C@H](C)O)C(=O)N[C@@H](CC(N)=O)C(=O)NC(CO)C(=O)O[C@@H]1C. The fourth-order valence-corrected chi connectivity index (χ4v) is 9.04. The molecule has 1 saturated heterocycles. The zero-order valence-corrected chi connectivity index (χ0v) is 47.1. The van der Waals surface area contributed by atoms with Gasteiger partial charge in [-0.15, -0.1) is 0 Å². The van der Waals surface area contributed by atoms with Gasteiger partial charge in [-0.05, 0) is 61.9 Å². The standard InChI is InChI=1S/C58H88N8O13/c1-7-8-9-10-11-12-13-14-15-16-17-18-19-20-24-27-49(71)64-51-39(5)79-58(78)46(36-67)63-53(73)45(35-48(59)70)62-56(76)50(38(4)68)65-54(74)44(33-40-25-22-21-23-26-40)60-52(72)43(32-37(2)3)61-55(75)47(66(6)57(51)77)34-41-28-30-42(69)31-29-41/h21-23,25-26,28-31,34,37-39,43-46,50-51,67-69H,7-20,24,27,32-33,35-36H2,1-6H3,(H2,59,70)(H,60,72)(H,61,75)(H,62,76)(H,63,73)(H,64,71)(H,65,74)/b47-34-/t38-,39+,43-,44+,45-,46?,50-,51?/m0/s1. The van der Waals surface area contributed by atoms with Crippen molar-refractivity contribution in [3.8, 4) is 5.75 Å². The number of nitrogens with one attached hydrogen (secondary N) is 6. The number of unbranched alkanes of at least 4 members (excludes halogenated alkanes) is 14. The molecule has 0 radical (unpaired) electrons. The summed E-state index contributed by atoms with van der Waals surface area (Å²) in [5.41, 5.74) is 5.95. The highest BCUT2D eigenvalue weighted by Crippen LogP contribution is 2.20. The number of hydrogen-bond donors (Lipinski definition) is 10. The van der Waals surface area contributed by atoms with Gasteiger partial charge in [-0.1, -0.05) is 153 Å². The van der Waals surface area contributed by atoms with Crippen LogP contribution in [0.3, 0.4) is 0 Å². The van der Waals surface area contributed by atoms with Crippen molar-refractivity contribution in [2.75, 3.05) is 13.7 Å². The zero-order chi connectivity index (χ0) is 58.4. The fraction of sp³-hybridized carbons (Fsp3) is 0.603. The van der Waals surface area contributed by atoms with Crippen LogP contribution in [0.25, 0.3) is 6.08 Å². The molecule has 79 heavy (non-hydrogen) atoms. The second kappa shape index (κ2) is 35.6. The molecule has 21 heteroatoms. The number of phenolic OH excluding ortho intramolecular Hbond substituents is 1. The summed E-state index contributed by atoms with van der Waals surface area (Å²) in [5.74, 6) is -9.52. The van der Waals surface area contributed by atoms with E-state index in [0.717, 1.165) is 43.9 Å². The smallest absolute Gasteiger partial charge is 0.331 e. The molecule has 3 rings (SSSR count). The number of aliphatic hydroxyl groups is 2. The van der Waals surface area contributed by atoms with E-state index >= 15 is 0 Å². The van der Waals surface area contributed by atoms with Crippen LogP contribution in [0.15, 0.2) is 60.3 Å². The average molecular weight is 1110 g/mol. The maximum Gasteiger partial charge on any atom is 0.331 e. The number of aromatic hydroxyl groups is 1. The Morgan fingerprint density at radius 3 is 1.75 bits per heavy atom. The maximum atomic E-state index is 14.9. The number of benzene rings is 2. The van der Waals surface area contributed by atoms with Crippen molar-refractivity contribution in [2.45, 2.75) is 205 Å². The quantitative estimate of drug-likeness (QED) is 0.0364. The third kappa shape index (κ3) is 24.4. The van der Waals surface area contributed by atoms with Crippen LogP contribution in [0, 0.1) is 5.92 Å². The van der Waals surface area contributed by atoms with Gasteiger partial charge in [0.25, 0.3) is 11.8 Å². The van der Waals surface area contributed by atoms with Gasteiger partial charge in [0.05, 0.1) is 19.1 Å². The van der Waals surface area contributed by atoms with Gasteiger partial charge in [-0.2, -0.15) is 0 Å². The summed E-state index contributed by atoms with van der Waals surface area (Å²) < 4.78 is 5.66. The first-order valence-corrected chi connectivity index (χ1v) is 28.1. The minimum absolute atomic E-state index is 0.000417. The van der Waals surface area contributed by atoms with E-state index in [2.05, 4.69) is 38.8 Å². The Kier molecular flexibility index (Phi) is 29.9. The van der Waals surface area contributed by atoms with Crippen LogP contribution in [0.1, 0.15) is 161 Å². The molecule has 0 spiro atoms. The van der Waals surface area contributed by atoms with E-state index in [0.29, 0.717) is 17.5 Å². The molecule has 1 fully saturated rings. The number of nitrogens with two attached hydrogens (primary N) is 1. The van der Waals surface area contributed by atoms with E-state index in [-0.39, 0.29) is 36.6 Å². The third-order valence-corrected chi connectivity index (χ3v) is 13.6. The van der Waals surface area contributed by atoms with Crippen molar-refractivity contribution in [3.05, 3.63) is 71.4 Å². The monoisotopic (exact) mass is 1100 g/mol. The first-order valence-electron chi connectivity index (χ1n) is 28.1. The van der Waals surface area contributed by atoms with E-state index in [9.17, 15) is 58.5 Å². The van der Waals surface area contributed by atoms with Crippen molar-refractivity contribution in [3.63, 3.8) is 0 Å². The van der Waals surface area contributed by atoms with Gasteiger partial charge in [0.1, 0.15) is 47.8 Å². The van der Waals surface area contributed by atoms with E-state index in [1.54, 1.807) is 44.2 Å². The van der Waals surface area contributed by atoms with Crippen LogP contribution in [-0.4, -0.2) is 136 Å². The van der Waals surface area contributed by atoms with Crippen molar-refractivity contribution in [2.24, 2.45) is 11.7 Å². The molecule has 0 bridgehead atoms. The second-order valence-electron chi connectivity index (χ2n) is 21.0. The molecule has 438 valence electrons. The van der Waals surface area contributed by atoms with Crippen LogP contribution in [0.2, 0.25) is 0 Å². The number of esters is 1. The number of primary amides is 1. The van der Waals surface area contributed by atoms with Crippen molar-refractivity contribution in [1.29, 1.82) is 0 Å². The lowest BCUT2D eigenvalue weighted by atomic mass is 10.00. The Labute approximate surface area is 465 Å². The van der Waals surface area contributed by atoms with E-state index in [1.807, 2.05) is 0 Å². The fourth-order valence-electron chi connectivity index (χ4n) is 9.04. The molecule has 11 N–H and O–H groups in total. The Balaban J connectivity index is 2.05. The molecule has 1 aliphatic heterocycles. The number of cyclic esters (lactones) is 1. The number of carbonyl (C=O) groups excluding carboxylic acids is 9. The normalized spacial score (nSPS) is 22.3. The number of likely N-dealkylation sites (N-methyl/N-ethyl adjacent to an activating group) is 1. The third-order valence-electron chi connectivity index (χ3n) is 13.6. The predicted molar refractivity (Wildman–Crippen MR) is 298 cm³/mol. The number of rotatable bonds is 26. The van der Waals surface area contributed by atoms with Crippen molar-refractivity contribution in [1.82, 2.24) is 36.8 Å². The van der Waals surface area contributed by atoms with Crippen LogP contribution in [0.5, 0.6) is 5.75 Å². The van der Waals surface area contributed by atoms with Gasteiger partial charge in [0, 0.05) is 19.9 Å². The van der Waals surface area contributed by atoms with Gasteiger partial charge in [0.15, 0.2) is 6.04 Å². The Morgan fingerprint density at radius 1 is 0.696 bits per heavy atom. The second-order valence-corrected chi connectivity index (χ2v) is 21.0. The van der Waals surface area contributed by atoms with E-state index in [1.165, 1.54) is 102 Å². The minimum Gasteiger partial charge on any atom is -0.508 e. The molecular weight excluding hydrogens is 1020 g/mol. The largest absolute Gasteiger partial charge is 0.508 e. The summed E-state index contributed by atoms with van der Waals surface area (Å²) in [4.78, 5) is 127. The molecule has 2 aromatic rings. The number of carbonyl (C=O) groups is 9. The zero-order valence-electron chi connectivity index (χ0n) is 47.1. The van der Waals surface area contributed by atoms with Crippen molar-refractivity contribution >= 4 is 59.3 Å². The molecule has 2 aromatic carbocycles. The lowest BCUT2D eigenvalue weighted by Gasteiger charge is -2.31. The molecule has 21 nitrogen and oxygen atoms in total. The Morgan fingerprint density at radius 2 is 1.22 bits per heavy atom. The number of phenols is 1. The van der Waals surface area contributed by atoms with Crippen molar-refractivity contribution < 1.29 is 63.2 Å². The molecule has 8 atom stereocenters. The van der Waals surface area contributed by atoms with Crippen LogP contribution < -0.4 is 37.6 Å². The number of hydrogen-bond acceptors (Lipinski definition) is 13. The molecule has 0 saturated carbocycles. The minimum atomic E-state index is -1.90. The summed E-state index contributed by atoms with van der Waals surface area (Å²) in [7, 11) is 1.23. The molecule has 1 heterocycles. The number of nitrogens with zero attached hydrogens (tertiary/aromatic N) is 1. The van der Waals surface area contributed by atoms with Gasteiger partial charge < -0.3 is 62.6 Å². The first-order chi connectivity index (χ1) is 37.6. The van der Waals surface area contributed by atoms with Crippen LogP contribution in [-0.2, 0) is 54.3 Å². The lowest BCUT2D eigenvalue weighted by molar-refractivity contribution is -0.158. The average Bonchev–Trinajstić information content (AvgIpc) is 3.41. The van der Waals surface area contributed by atoms with Gasteiger partial charge >= 0.3 is 5.97 Å². The number of aliphatic hydroxyl groups excluding tert-OH is 2. The highest BCUT2D eigenvalue weighted by Gasteiger charge is 2.39. The summed E-state index contributed by atoms with van der Waals surface area (Å²) in [6.07, 6.45) is 13.8. The molecule has 8 amide bonds.